The van der Waals surface area contributed by atoms with Crippen LogP contribution in [0.2, 0.25) is 0 Å². The van der Waals surface area contributed by atoms with Gasteiger partial charge in [0, 0.05) is 0 Å². The van der Waals surface area contributed by atoms with Gasteiger partial charge in [0.1, 0.15) is 0 Å². The van der Waals surface area contributed by atoms with E-state index in [1.54, 1.807) is 0 Å². The highest BCUT2D eigenvalue weighted by molar-refractivity contribution is 4.22. The standard InChI is InChI=1S/C2H4.CF4/c1-2;2-1(3,4)5/h1-2H2;. The summed E-state index contributed by atoms with van der Waals surface area (Å²) in [7, 11) is 0. The molecule has 0 aliphatic rings. The largest absolute Gasteiger partial charge is 0.559 e. The van der Waals surface area contributed by atoms with E-state index < -0.39 is 6.43 Å². The first-order valence-electron chi connectivity index (χ1n) is 1.26. The second-order valence-corrected chi connectivity index (χ2v) is 0.429. The molecule has 4 heteroatoms. The molecule has 7 heavy (non-hydrogen) atoms. The summed E-state index contributed by atoms with van der Waals surface area (Å²) in [4.78, 5) is 0. The number of halogens is 4. The van der Waals surface area contributed by atoms with E-state index >= 15 is 0 Å². The van der Waals surface area contributed by atoms with E-state index in [0.717, 1.165) is 0 Å². The van der Waals surface area contributed by atoms with Crippen LogP contribution in [0.5, 0.6) is 0 Å². The van der Waals surface area contributed by atoms with Crippen LogP contribution < -0.4 is 0 Å². The molecule has 0 saturated heterocycles. The van der Waals surface area contributed by atoms with Crippen LogP contribution in [0, 0.1) is 0 Å². The second-order valence-electron chi connectivity index (χ2n) is 0.429. The van der Waals surface area contributed by atoms with Gasteiger partial charge in [0.05, 0.1) is 0 Å². The molecule has 0 nitrogen and oxygen atoms in total. The number of hydrogen-bond donors (Lipinski definition) is 0. The summed E-state index contributed by atoms with van der Waals surface area (Å²) in [5.41, 5.74) is 0. The van der Waals surface area contributed by atoms with E-state index in [1.807, 2.05) is 0 Å². The van der Waals surface area contributed by atoms with Crippen LogP contribution in [0.25, 0.3) is 0 Å². The molecule has 0 aliphatic heterocycles. The maximum Gasteiger partial charge on any atom is 0.559 e. The van der Waals surface area contributed by atoms with Gasteiger partial charge in [-0.05, 0) is 0 Å². The fourth-order valence-corrected chi connectivity index (χ4v) is 0. The molecule has 0 bridgehead atoms. The van der Waals surface area contributed by atoms with Crippen molar-refractivity contribution in [2.24, 2.45) is 0 Å². The lowest BCUT2D eigenvalue weighted by Crippen LogP contribution is -1.92. The van der Waals surface area contributed by atoms with Crippen molar-refractivity contribution < 1.29 is 17.6 Å². The Morgan fingerprint density at radius 3 is 0.857 bits per heavy atom. The molecule has 0 rings (SSSR count). The highest BCUT2D eigenvalue weighted by Gasteiger charge is 2.24. The summed E-state index contributed by atoms with van der Waals surface area (Å²) < 4.78 is 38.8. The smallest absolute Gasteiger partial charge is 0.140 e. The molecular formula is C3H4F4. The minimum atomic E-state index is -5.50. The van der Waals surface area contributed by atoms with Gasteiger partial charge in [0.15, 0.2) is 0 Å². The highest BCUT2D eigenvalue weighted by atomic mass is 19.5. The Balaban J connectivity index is 0. The average Bonchev–Trinajstić information content (AvgIpc) is 1.36. The van der Waals surface area contributed by atoms with Gasteiger partial charge in [-0.2, -0.15) is 0 Å². The molecule has 0 aliphatic carbocycles. The molecular weight excluding hydrogens is 112 g/mol. The summed E-state index contributed by atoms with van der Waals surface area (Å²) >= 11 is 0. The molecule has 0 heterocycles. The summed E-state index contributed by atoms with van der Waals surface area (Å²) in [6.07, 6.45) is -5.50. The SMILES string of the molecule is C=C.FC(F)(F)F. The second kappa shape index (κ2) is 3.64. The van der Waals surface area contributed by atoms with E-state index in [1.165, 1.54) is 0 Å². The Bertz CT molecular complexity index is 30.7. The monoisotopic (exact) mass is 116 g/mol. The Labute approximate surface area is 38.4 Å². The van der Waals surface area contributed by atoms with Crippen LogP contribution in [0.15, 0.2) is 13.2 Å². The van der Waals surface area contributed by atoms with Gasteiger partial charge in [0.2, 0.25) is 0 Å². The van der Waals surface area contributed by atoms with E-state index in [9.17, 15) is 17.6 Å². The minimum Gasteiger partial charge on any atom is -0.140 e. The van der Waals surface area contributed by atoms with Gasteiger partial charge in [-0.25, -0.2) is 0 Å². The molecule has 0 amide bonds. The Hall–Kier alpha value is -0.540. The van der Waals surface area contributed by atoms with Gasteiger partial charge >= 0.3 is 6.43 Å². The van der Waals surface area contributed by atoms with Crippen molar-refractivity contribution in [1.82, 2.24) is 0 Å². The Morgan fingerprint density at radius 2 is 0.857 bits per heavy atom. The van der Waals surface area contributed by atoms with Crippen molar-refractivity contribution in [1.29, 1.82) is 0 Å². The molecule has 0 aromatic heterocycles. The number of rotatable bonds is 0. The summed E-state index contributed by atoms with van der Waals surface area (Å²) in [5, 5.41) is 0. The first-order valence-corrected chi connectivity index (χ1v) is 1.26. The highest BCUT2D eigenvalue weighted by Crippen LogP contribution is 2.13. The molecule has 0 unspecified atom stereocenters. The maximum atomic E-state index is 9.69. The molecule has 0 aromatic carbocycles. The number of alkyl halides is 4. The van der Waals surface area contributed by atoms with Gasteiger partial charge in [-0.3, -0.25) is 0 Å². The van der Waals surface area contributed by atoms with Crippen LogP contribution >= 0.6 is 0 Å². The fraction of sp³-hybridized carbons (Fsp3) is 0.333. The summed E-state index contributed by atoms with van der Waals surface area (Å²) in [5.74, 6) is 0. The lowest BCUT2D eigenvalue weighted by Gasteiger charge is -1.82. The molecule has 0 N–H and O–H groups in total. The van der Waals surface area contributed by atoms with Crippen molar-refractivity contribution >= 4 is 0 Å². The Morgan fingerprint density at radius 1 is 0.857 bits per heavy atom. The van der Waals surface area contributed by atoms with Crippen LogP contribution in [-0.4, -0.2) is 6.43 Å². The third kappa shape index (κ3) is 224. The maximum absolute atomic E-state index is 9.69. The van der Waals surface area contributed by atoms with E-state index in [0.29, 0.717) is 0 Å². The average molecular weight is 116 g/mol. The van der Waals surface area contributed by atoms with Crippen molar-refractivity contribution in [2.45, 2.75) is 6.43 Å². The predicted molar refractivity (Wildman–Crippen MR) is 18.4 cm³/mol. The summed E-state index contributed by atoms with van der Waals surface area (Å²) in [6, 6.07) is 0. The van der Waals surface area contributed by atoms with Crippen molar-refractivity contribution in [3.8, 4) is 0 Å². The predicted octanol–water partition coefficient (Wildman–Crippen LogP) is 2.28. The van der Waals surface area contributed by atoms with Crippen molar-refractivity contribution in [3.63, 3.8) is 0 Å². The number of hydrogen-bond acceptors (Lipinski definition) is 0. The lowest BCUT2D eigenvalue weighted by atomic mass is 11.3. The topological polar surface area (TPSA) is 0 Å². The van der Waals surface area contributed by atoms with Crippen molar-refractivity contribution in [2.75, 3.05) is 0 Å². The molecule has 0 atom stereocenters. The Kier molecular flexibility index (Phi) is 5.04. The van der Waals surface area contributed by atoms with E-state index in [2.05, 4.69) is 13.2 Å². The normalized spacial score (nSPS) is 9.14. The zero-order valence-electron chi connectivity index (χ0n) is 3.43. The van der Waals surface area contributed by atoms with Gasteiger partial charge < -0.3 is 0 Å². The minimum absolute atomic E-state index is 3.00. The first kappa shape index (κ1) is 9.68. The zero-order chi connectivity index (χ0) is 6.50. The fourth-order valence-electron chi connectivity index (χ4n) is 0. The lowest BCUT2D eigenvalue weighted by molar-refractivity contribution is -0.237. The third-order valence-corrected chi connectivity index (χ3v) is 0. The molecule has 0 aromatic rings. The van der Waals surface area contributed by atoms with Crippen LogP contribution in [0.3, 0.4) is 0 Å². The van der Waals surface area contributed by atoms with E-state index in [-0.39, 0.29) is 0 Å². The third-order valence-electron chi connectivity index (χ3n) is 0. The zero-order valence-corrected chi connectivity index (χ0v) is 3.43. The molecule has 44 valence electrons. The van der Waals surface area contributed by atoms with Gasteiger partial charge in [0.25, 0.3) is 0 Å². The molecule has 0 fully saturated rings. The van der Waals surface area contributed by atoms with Crippen LogP contribution in [0.1, 0.15) is 0 Å². The van der Waals surface area contributed by atoms with Gasteiger partial charge in [-0.15, -0.1) is 30.7 Å². The molecule has 0 saturated carbocycles. The first-order chi connectivity index (χ1) is 3.00. The van der Waals surface area contributed by atoms with Gasteiger partial charge in [-0.1, -0.05) is 0 Å². The molecule has 0 spiro atoms. The van der Waals surface area contributed by atoms with Crippen molar-refractivity contribution in [3.05, 3.63) is 13.2 Å². The van der Waals surface area contributed by atoms with E-state index in [4.69, 9.17) is 0 Å². The van der Waals surface area contributed by atoms with Crippen LogP contribution in [-0.2, 0) is 0 Å². The molecule has 0 radical (unpaired) electrons. The quantitative estimate of drug-likeness (QED) is 0.336. The summed E-state index contributed by atoms with van der Waals surface area (Å²) in [6.45, 7) is 6.00. The van der Waals surface area contributed by atoms with Crippen LogP contribution in [0.4, 0.5) is 17.6 Å².